The van der Waals surface area contributed by atoms with E-state index in [0.717, 1.165) is 22.7 Å². The van der Waals surface area contributed by atoms with Gasteiger partial charge in [-0.3, -0.25) is 9.59 Å². The smallest absolute Gasteiger partial charge is 0.314 e. The van der Waals surface area contributed by atoms with Crippen LogP contribution >= 0.6 is 11.6 Å². The minimum absolute atomic E-state index is 0.177. The molecule has 1 saturated heterocycles. The number of aliphatic carboxylic acids is 1. The average molecular weight is 581 g/mol. The number of amides is 1. The van der Waals surface area contributed by atoms with Gasteiger partial charge in [0, 0.05) is 31.9 Å². The summed E-state index contributed by atoms with van der Waals surface area (Å²) in [5.74, 6) is 0.890. The van der Waals surface area contributed by atoms with Gasteiger partial charge in [0.05, 0.1) is 35.5 Å². The summed E-state index contributed by atoms with van der Waals surface area (Å²) in [4.78, 5) is 27.6. The lowest BCUT2D eigenvalue weighted by atomic mass is 9.74. The summed E-state index contributed by atoms with van der Waals surface area (Å²) < 4.78 is 22.9. The third kappa shape index (κ3) is 5.92. The number of nitrogens with one attached hydrogen (secondary N) is 1. The Balaban J connectivity index is 1.25. The number of aryl methyl sites for hydroxylation is 1. The maximum absolute atomic E-state index is 13.2. The zero-order chi connectivity index (χ0) is 29.1. The number of benzene rings is 3. The Morgan fingerprint density at radius 2 is 1.85 bits per heavy atom. The fraction of sp³-hybridized carbons (Fsp3) is 0.355. The Kier molecular flexibility index (Phi) is 8.28. The van der Waals surface area contributed by atoms with Crippen LogP contribution in [0.2, 0.25) is 5.02 Å². The molecule has 0 bridgehead atoms. The normalized spacial score (nSPS) is 17.7. The van der Waals surface area contributed by atoms with Gasteiger partial charge in [0.1, 0.15) is 30.0 Å². The molecule has 3 aromatic rings. The third-order valence-corrected chi connectivity index (χ3v) is 8.08. The number of ether oxygens (including phenoxy) is 4. The maximum Gasteiger partial charge on any atom is 0.314 e. The second-order valence-corrected chi connectivity index (χ2v) is 10.8. The van der Waals surface area contributed by atoms with E-state index in [-0.39, 0.29) is 12.0 Å². The molecule has 0 radical (unpaired) electrons. The number of nitrogens with zero attached hydrogens (tertiary/aromatic N) is 1. The van der Waals surface area contributed by atoms with Crippen LogP contribution in [0.4, 0.5) is 11.4 Å². The van der Waals surface area contributed by atoms with Crippen LogP contribution in [0, 0.1) is 6.92 Å². The zero-order valence-electron chi connectivity index (χ0n) is 23.2. The standard InChI is InChI=1S/C31H33ClN2O7/c1-19-14-22(40-18-23-17-34(2)27-16-21(38-3)6-9-28(27)41-23)5-7-24(19)29(35)33-26-15-20(4-8-25(26)32)31(30(36)37)10-12-39-13-11-31/h4-9,14-16,23H,10-13,17-18H2,1-3H3,(H,33,35)(H,36,37)/t23-/m0/s1. The largest absolute Gasteiger partial charge is 0.497 e. The zero-order valence-corrected chi connectivity index (χ0v) is 24.0. The van der Waals surface area contributed by atoms with Crippen LogP contribution in [-0.2, 0) is 14.9 Å². The van der Waals surface area contributed by atoms with Crippen LogP contribution in [0.5, 0.6) is 17.2 Å². The van der Waals surface area contributed by atoms with Gasteiger partial charge in [0.2, 0.25) is 0 Å². The van der Waals surface area contributed by atoms with Crippen molar-refractivity contribution in [2.75, 3.05) is 50.7 Å². The number of halogens is 1. The minimum Gasteiger partial charge on any atom is -0.497 e. The van der Waals surface area contributed by atoms with Crippen molar-refractivity contribution in [3.8, 4) is 17.2 Å². The highest BCUT2D eigenvalue weighted by molar-refractivity contribution is 6.34. The number of carboxylic acids is 1. The molecule has 2 N–H and O–H groups in total. The topological polar surface area (TPSA) is 107 Å². The van der Waals surface area contributed by atoms with E-state index >= 15 is 0 Å². The summed E-state index contributed by atoms with van der Waals surface area (Å²) in [6, 6.07) is 15.9. The number of carbonyl (C=O) groups is 2. The maximum atomic E-state index is 13.2. The molecule has 10 heteroatoms. The Labute approximate surface area is 243 Å². The van der Waals surface area contributed by atoms with Crippen molar-refractivity contribution in [2.45, 2.75) is 31.3 Å². The molecular formula is C31H33ClN2O7. The van der Waals surface area contributed by atoms with Crippen molar-refractivity contribution in [3.05, 3.63) is 76.3 Å². The Hall–Kier alpha value is -3.95. The summed E-state index contributed by atoms with van der Waals surface area (Å²) >= 11 is 6.40. The van der Waals surface area contributed by atoms with Crippen molar-refractivity contribution in [2.24, 2.45) is 0 Å². The molecule has 0 saturated carbocycles. The van der Waals surface area contributed by atoms with E-state index in [1.54, 1.807) is 43.5 Å². The third-order valence-electron chi connectivity index (χ3n) is 7.75. The van der Waals surface area contributed by atoms with Gasteiger partial charge < -0.3 is 34.3 Å². The van der Waals surface area contributed by atoms with Crippen LogP contribution in [0.25, 0.3) is 0 Å². The van der Waals surface area contributed by atoms with Crippen molar-refractivity contribution < 1.29 is 33.6 Å². The molecule has 0 aromatic heterocycles. The number of rotatable bonds is 8. The Morgan fingerprint density at radius 1 is 1.10 bits per heavy atom. The highest BCUT2D eigenvalue weighted by atomic mass is 35.5. The van der Waals surface area contributed by atoms with Gasteiger partial charge in [0.25, 0.3) is 5.91 Å². The second-order valence-electron chi connectivity index (χ2n) is 10.4. The van der Waals surface area contributed by atoms with E-state index in [1.807, 2.05) is 32.2 Å². The van der Waals surface area contributed by atoms with Crippen molar-refractivity contribution in [3.63, 3.8) is 0 Å². The molecule has 0 aliphatic carbocycles. The first-order valence-corrected chi connectivity index (χ1v) is 13.8. The number of hydrogen-bond donors (Lipinski definition) is 2. The van der Waals surface area contributed by atoms with E-state index in [2.05, 4.69) is 10.2 Å². The van der Waals surface area contributed by atoms with Gasteiger partial charge in [0.15, 0.2) is 0 Å². The highest BCUT2D eigenvalue weighted by Crippen LogP contribution is 2.39. The van der Waals surface area contributed by atoms with Crippen LogP contribution in [-0.4, -0.2) is 63.6 Å². The molecular weight excluding hydrogens is 548 g/mol. The first kappa shape index (κ1) is 28.6. The van der Waals surface area contributed by atoms with Gasteiger partial charge >= 0.3 is 5.97 Å². The Morgan fingerprint density at radius 3 is 2.56 bits per heavy atom. The SMILES string of the molecule is COc1ccc2c(c1)N(C)C[C@@H](COc1ccc(C(=O)Nc3cc(C4(C(=O)O)CCOCC4)ccc3Cl)c(C)c1)O2. The number of fused-ring (bicyclic) bond motifs is 1. The van der Waals surface area contributed by atoms with E-state index < -0.39 is 11.4 Å². The monoisotopic (exact) mass is 580 g/mol. The molecule has 41 heavy (non-hydrogen) atoms. The van der Waals surface area contributed by atoms with Crippen LogP contribution in [0.15, 0.2) is 54.6 Å². The van der Waals surface area contributed by atoms with E-state index in [0.29, 0.717) is 66.8 Å². The number of likely N-dealkylation sites (N-methyl/N-ethyl adjacent to an activating group) is 1. The highest BCUT2D eigenvalue weighted by Gasteiger charge is 2.42. The van der Waals surface area contributed by atoms with E-state index in [4.69, 9.17) is 30.5 Å². The van der Waals surface area contributed by atoms with Crippen molar-refractivity contribution >= 4 is 34.9 Å². The van der Waals surface area contributed by atoms with Gasteiger partial charge in [-0.1, -0.05) is 17.7 Å². The van der Waals surface area contributed by atoms with E-state index in [9.17, 15) is 14.7 Å². The number of carbonyl (C=O) groups excluding carboxylic acids is 1. The molecule has 3 aromatic carbocycles. The molecule has 0 unspecified atom stereocenters. The van der Waals surface area contributed by atoms with Crippen molar-refractivity contribution in [1.82, 2.24) is 0 Å². The lowest BCUT2D eigenvalue weighted by Crippen LogP contribution is -2.41. The molecule has 2 heterocycles. The van der Waals surface area contributed by atoms with Gasteiger partial charge in [-0.2, -0.15) is 0 Å². The van der Waals surface area contributed by atoms with Gasteiger partial charge in [-0.15, -0.1) is 0 Å². The first-order chi connectivity index (χ1) is 19.7. The number of methoxy groups -OCH3 is 1. The summed E-state index contributed by atoms with van der Waals surface area (Å²) in [5, 5.41) is 13.2. The first-order valence-electron chi connectivity index (χ1n) is 13.4. The minimum atomic E-state index is -1.08. The quantitative estimate of drug-likeness (QED) is 0.369. The molecule has 1 atom stereocenters. The van der Waals surface area contributed by atoms with E-state index in [1.165, 1.54) is 0 Å². The lowest BCUT2D eigenvalue weighted by Gasteiger charge is -2.34. The summed E-state index contributed by atoms with van der Waals surface area (Å²) in [6.07, 6.45) is 0.520. The average Bonchev–Trinajstić information content (AvgIpc) is 2.97. The molecule has 2 aliphatic rings. The fourth-order valence-corrected chi connectivity index (χ4v) is 5.52. The van der Waals surface area contributed by atoms with Crippen molar-refractivity contribution in [1.29, 1.82) is 0 Å². The molecule has 216 valence electrons. The Bertz CT molecular complexity index is 1450. The number of hydrogen-bond acceptors (Lipinski definition) is 7. The molecule has 2 aliphatic heterocycles. The molecule has 5 rings (SSSR count). The molecule has 1 fully saturated rings. The predicted molar refractivity (Wildman–Crippen MR) is 156 cm³/mol. The molecule has 9 nitrogen and oxygen atoms in total. The summed E-state index contributed by atoms with van der Waals surface area (Å²) in [7, 11) is 3.63. The molecule has 0 spiro atoms. The second kappa shape index (κ2) is 11.9. The summed E-state index contributed by atoms with van der Waals surface area (Å²) in [6.45, 7) is 3.53. The van der Waals surface area contributed by atoms with Crippen LogP contribution in [0.1, 0.15) is 34.3 Å². The van der Waals surface area contributed by atoms with Gasteiger partial charge in [-0.25, -0.2) is 0 Å². The lowest BCUT2D eigenvalue weighted by molar-refractivity contribution is -0.147. The van der Waals surface area contributed by atoms with Crippen LogP contribution in [0.3, 0.4) is 0 Å². The number of carboxylic acid groups (broad SMARTS) is 1. The predicted octanol–water partition coefficient (Wildman–Crippen LogP) is 5.32. The molecule has 1 amide bonds. The van der Waals surface area contributed by atoms with Crippen LogP contribution < -0.4 is 24.4 Å². The van der Waals surface area contributed by atoms with Gasteiger partial charge in [-0.05, 0) is 73.4 Å². The number of anilines is 2. The fourth-order valence-electron chi connectivity index (χ4n) is 5.35. The summed E-state index contributed by atoms with van der Waals surface area (Å²) in [5.41, 5.74) is 2.00.